The molecule has 0 spiro atoms. The minimum absolute atomic E-state index is 0.0540. The molecule has 6 heteroatoms. The molecule has 0 fully saturated rings. The molecule has 0 bridgehead atoms. The molecular formula is C12H19NO4S. The van der Waals surface area contributed by atoms with E-state index >= 15 is 0 Å². The second kappa shape index (κ2) is 5.69. The molecule has 1 N–H and O–H groups in total. The third-order valence-electron chi connectivity index (χ3n) is 2.69. The predicted molar refractivity (Wildman–Crippen MR) is 69.4 cm³/mol. The zero-order valence-corrected chi connectivity index (χ0v) is 11.9. The number of likely N-dealkylation sites (N-methyl/N-ethyl adjacent to an activating group) is 1. The van der Waals surface area contributed by atoms with Crippen molar-refractivity contribution in [2.45, 2.75) is 18.7 Å². The molecule has 1 aromatic carbocycles. The highest BCUT2D eigenvalue weighted by Gasteiger charge is 2.25. The van der Waals surface area contributed by atoms with Crippen LogP contribution in [0.4, 0.5) is 0 Å². The van der Waals surface area contributed by atoms with E-state index in [-0.39, 0.29) is 18.0 Å². The summed E-state index contributed by atoms with van der Waals surface area (Å²) < 4.78 is 31.0. The van der Waals surface area contributed by atoms with E-state index in [2.05, 4.69) is 0 Å². The van der Waals surface area contributed by atoms with Crippen LogP contribution in [0.15, 0.2) is 17.0 Å². The Hall–Kier alpha value is -1.11. The van der Waals surface area contributed by atoms with Gasteiger partial charge in [-0.15, -0.1) is 0 Å². The normalized spacial score (nSPS) is 11.9. The second-order valence-electron chi connectivity index (χ2n) is 4.16. The average Bonchev–Trinajstić information content (AvgIpc) is 2.28. The van der Waals surface area contributed by atoms with E-state index in [1.54, 1.807) is 13.0 Å². The standard InChI is InChI=1S/C12H19NO4S/c1-9-7-10(2)12(17-4)11(8-9)18(15,16)13(3)5-6-14/h7-8,14H,5-6H2,1-4H3. The van der Waals surface area contributed by atoms with Gasteiger partial charge < -0.3 is 9.84 Å². The monoisotopic (exact) mass is 273 g/mol. The Morgan fingerprint density at radius 1 is 1.33 bits per heavy atom. The minimum Gasteiger partial charge on any atom is -0.495 e. The number of hydrogen-bond acceptors (Lipinski definition) is 4. The maximum absolute atomic E-state index is 12.3. The highest BCUT2D eigenvalue weighted by molar-refractivity contribution is 7.89. The highest BCUT2D eigenvalue weighted by Crippen LogP contribution is 2.30. The van der Waals surface area contributed by atoms with Crippen LogP contribution in [0, 0.1) is 13.8 Å². The Morgan fingerprint density at radius 2 is 1.94 bits per heavy atom. The second-order valence-corrected chi connectivity index (χ2v) is 6.18. The molecule has 5 nitrogen and oxygen atoms in total. The van der Waals surface area contributed by atoms with Crippen LogP contribution in [0.3, 0.4) is 0 Å². The number of ether oxygens (including phenoxy) is 1. The van der Waals surface area contributed by atoms with Crippen molar-refractivity contribution in [2.24, 2.45) is 0 Å². The number of hydrogen-bond donors (Lipinski definition) is 1. The van der Waals surface area contributed by atoms with Crippen LogP contribution in [-0.4, -0.2) is 45.1 Å². The van der Waals surface area contributed by atoms with Crippen molar-refractivity contribution in [2.75, 3.05) is 27.3 Å². The van der Waals surface area contributed by atoms with Crippen molar-refractivity contribution >= 4 is 10.0 Å². The summed E-state index contributed by atoms with van der Waals surface area (Å²) in [5.41, 5.74) is 1.62. The SMILES string of the molecule is COc1c(C)cc(C)cc1S(=O)(=O)N(C)CCO. The van der Waals surface area contributed by atoms with E-state index in [9.17, 15) is 8.42 Å². The fourth-order valence-corrected chi connectivity index (χ4v) is 3.27. The highest BCUT2D eigenvalue weighted by atomic mass is 32.2. The molecule has 0 unspecified atom stereocenters. The van der Waals surface area contributed by atoms with Gasteiger partial charge in [0.15, 0.2) is 0 Å². The van der Waals surface area contributed by atoms with Gasteiger partial charge in [-0.25, -0.2) is 8.42 Å². The molecule has 18 heavy (non-hydrogen) atoms. The molecule has 0 radical (unpaired) electrons. The van der Waals surface area contributed by atoms with Gasteiger partial charge in [-0.2, -0.15) is 4.31 Å². The number of aliphatic hydroxyl groups excluding tert-OH is 1. The lowest BCUT2D eigenvalue weighted by Crippen LogP contribution is -2.30. The lowest BCUT2D eigenvalue weighted by atomic mass is 10.1. The topological polar surface area (TPSA) is 66.8 Å². The molecule has 0 amide bonds. The summed E-state index contributed by atoms with van der Waals surface area (Å²) in [6.45, 7) is 3.47. The van der Waals surface area contributed by atoms with Gasteiger partial charge in [-0.3, -0.25) is 0 Å². The van der Waals surface area contributed by atoms with E-state index < -0.39 is 10.0 Å². The smallest absolute Gasteiger partial charge is 0.246 e. The Morgan fingerprint density at radius 3 is 2.44 bits per heavy atom. The van der Waals surface area contributed by atoms with Crippen LogP contribution in [0.25, 0.3) is 0 Å². The molecule has 0 saturated carbocycles. The van der Waals surface area contributed by atoms with Crippen molar-refractivity contribution in [1.29, 1.82) is 0 Å². The van der Waals surface area contributed by atoms with Crippen molar-refractivity contribution in [3.8, 4) is 5.75 Å². The molecule has 0 heterocycles. The maximum atomic E-state index is 12.3. The quantitative estimate of drug-likeness (QED) is 0.866. The number of nitrogens with zero attached hydrogens (tertiary/aromatic N) is 1. The summed E-state index contributed by atoms with van der Waals surface area (Å²) in [5, 5.41) is 8.85. The van der Waals surface area contributed by atoms with Gasteiger partial charge in [0.1, 0.15) is 10.6 Å². The summed E-state index contributed by atoms with van der Waals surface area (Å²) >= 11 is 0. The Kier molecular flexibility index (Phi) is 4.72. The van der Waals surface area contributed by atoms with Crippen molar-refractivity contribution in [1.82, 2.24) is 4.31 Å². The number of methoxy groups -OCH3 is 1. The van der Waals surface area contributed by atoms with E-state index in [1.807, 2.05) is 13.0 Å². The molecule has 0 aliphatic carbocycles. The number of aliphatic hydroxyl groups is 1. The first-order valence-electron chi connectivity index (χ1n) is 5.57. The predicted octanol–water partition coefficient (Wildman–Crippen LogP) is 0.925. The first-order valence-corrected chi connectivity index (χ1v) is 7.01. The average molecular weight is 273 g/mol. The molecule has 0 atom stereocenters. The third-order valence-corrected chi connectivity index (χ3v) is 4.55. The number of aryl methyl sites for hydroxylation is 2. The summed E-state index contributed by atoms with van der Waals surface area (Å²) in [6, 6.07) is 3.44. The van der Waals surface area contributed by atoms with Gasteiger partial charge in [0.25, 0.3) is 0 Å². The Balaban J connectivity index is 3.40. The third kappa shape index (κ3) is 2.82. The number of sulfonamides is 1. The van der Waals surface area contributed by atoms with Gasteiger partial charge in [0.05, 0.1) is 13.7 Å². The van der Waals surface area contributed by atoms with Gasteiger partial charge in [0, 0.05) is 13.6 Å². The van der Waals surface area contributed by atoms with E-state index in [1.165, 1.54) is 14.2 Å². The maximum Gasteiger partial charge on any atom is 0.246 e. The minimum atomic E-state index is -3.64. The zero-order chi connectivity index (χ0) is 13.9. The zero-order valence-electron chi connectivity index (χ0n) is 11.1. The van der Waals surface area contributed by atoms with E-state index in [0.717, 1.165) is 15.4 Å². The fourth-order valence-electron chi connectivity index (χ4n) is 1.80. The lowest BCUT2D eigenvalue weighted by molar-refractivity contribution is 0.266. The van der Waals surface area contributed by atoms with Crippen LogP contribution in [0.2, 0.25) is 0 Å². The fraction of sp³-hybridized carbons (Fsp3) is 0.500. The van der Waals surface area contributed by atoms with E-state index in [0.29, 0.717) is 5.75 Å². The van der Waals surface area contributed by atoms with Crippen LogP contribution >= 0.6 is 0 Å². The summed E-state index contributed by atoms with van der Waals surface area (Å²) in [5.74, 6) is 0.352. The molecule has 0 aromatic heterocycles. The molecule has 1 rings (SSSR count). The van der Waals surface area contributed by atoms with E-state index in [4.69, 9.17) is 9.84 Å². The lowest BCUT2D eigenvalue weighted by Gasteiger charge is -2.19. The summed E-state index contributed by atoms with van der Waals surface area (Å²) in [4.78, 5) is 0.137. The Bertz CT molecular complexity index is 525. The van der Waals surface area contributed by atoms with Crippen LogP contribution in [0.5, 0.6) is 5.75 Å². The summed E-state index contributed by atoms with van der Waals surface area (Å²) in [6.07, 6.45) is 0. The van der Waals surface area contributed by atoms with Gasteiger partial charge >= 0.3 is 0 Å². The number of rotatable bonds is 5. The van der Waals surface area contributed by atoms with Crippen molar-refractivity contribution < 1.29 is 18.3 Å². The van der Waals surface area contributed by atoms with Gasteiger partial charge in [-0.05, 0) is 31.0 Å². The largest absolute Gasteiger partial charge is 0.495 e. The molecule has 0 saturated heterocycles. The molecule has 1 aromatic rings. The Labute approximate surface area is 108 Å². The van der Waals surface area contributed by atoms with Crippen LogP contribution in [-0.2, 0) is 10.0 Å². The van der Waals surface area contributed by atoms with Gasteiger partial charge in [-0.1, -0.05) is 6.07 Å². The molecule has 0 aliphatic heterocycles. The first kappa shape index (κ1) is 14.9. The molecule has 0 aliphatic rings. The summed E-state index contributed by atoms with van der Waals surface area (Å²) in [7, 11) is -0.760. The van der Waals surface area contributed by atoms with Gasteiger partial charge in [0.2, 0.25) is 10.0 Å². The molecular weight excluding hydrogens is 254 g/mol. The van der Waals surface area contributed by atoms with Crippen molar-refractivity contribution in [3.05, 3.63) is 23.3 Å². The molecule has 102 valence electrons. The number of benzene rings is 1. The van der Waals surface area contributed by atoms with Crippen LogP contribution < -0.4 is 4.74 Å². The van der Waals surface area contributed by atoms with Crippen LogP contribution in [0.1, 0.15) is 11.1 Å². The first-order chi connectivity index (χ1) is 8.34. The van der Waals surface area contributed by atoms with Crippen molar-refractivity contribution in [3.63, 3.8) is 0 Å².